The molecule has 2 aromatic carbocycles. The Bertz CT molecular complexity index is 1470. The summed E-state index contributed by atoms with van der Waals surface area (Å²) in [6.07, 6.45) is 11.0. The van der Waals surface area contributed by atoms with E-state index in [0.717, 1.165) is 44.5 Å². The largest absolute Gasteiger partial charge is 1.00 e. The fourth-order valence-electron chi connectivity index (χ4n) is 10.6. The molecule has 8 aliphatic rings. The number of aryl methyl sites for hydroxylation is 1. The zero-order chi connectivity index (χ0) is 28.7. The summed E-state index contributed by atoms with van der Waals surface area (Å²) in [6.45, 7) is 4.23. The molecule has 10 unspecified atom stereocenters. The quantitative estimate of drug-likeness (QED) is 0.293. The van der Waals surface area contributed by atoms with Crippen LogP contribution in [0.5, 0.6) is 17.2 Å². The van der Waals surface area contributed by atoms with Crippen molar-refractivity contribution in [2.24, 2.45) is 11.8 Å². The number of likely N-dealkylation sites (N-methyl/N-ethyl adjacent to an activating group) is 2. The standard InChI is InChI=1S/C18H21NO2.C17H19NO3.FH.Na.H2/c1-10-3-4-11-9-13-12-5-6-14(20)17-18(12,7-8-19(13)2)15(11)16(10)21-17;1-18-7-6-17-10-3-5-13(20)16(17)21-15-12(19)4-2-9(14(15)17)8-11(10)18;;;/h3-6,12-14,17,20H,7-9H2,1-2H3;2-5,10-11,13,16,19-20H,6-8H2,1H3;1H;;1H/q;;;+1;/i;;;;1+2. The van der Waals surface area contributed by atoms with Crippen molar-refractivity contribution >= 4 is 0 Å². The van der Waals surface area contributed by atoms with Crippen LogP contribution in [0.2, 0.25) is 0 Å². The summed E-state index contributed by atoms with van der Waals surface area (Å²) in [4.78, 5) is 4.93. The van der Waals surface area contributed by atoms with Gasteiger partial charge in [0.05, 0.1) is 0 Å². The summed E-state index contributed by atoms with van der Waals surface area (Å²) in [7, 11) is 4.43. The van der Waals surface area contributed by atoms with E-state index in [1.807, 2.05) is 18.2 Å². The summed E-state index contributed by atoms with van der Waals surface area (Å²) < 4.78 is 12.4. The maximum atomic E-state index is 10.5. The number of halogens is 1. The smallest absolute Gasteiger partial charge is 0.504 e. The Hall–Kier alpha value is -1.91. The number of aliphatic hydroxyl groups excluding tert-OH is 2. The molecule has 0 amide bonds. The average Bonchev–Trinajstić information content (AvgIpc) is 3.52. The van der Waals surface area contributed by atoms with Gasteiger partial charge in [0.1, 0.15) is 30.2 Å². The molecule has 4 heterocycles. The van der Waals surface area contributed by atoms with Crippen molar-refractivity contribution in [3.8, 4) is 17.2 Å². The first-order valence-electron chi connectivity index (χ1n) is 15.7. The molecule has 4 aliphatic heterocycles. The molecule has 230 valence electrons. The Labute approximate surface area is 281 Å². The fraction of sp³-hybridized carbons (Fsp3) is 0.543. The second-order valence-corrected chi connectivity index (χ2v) is 14.2. The molecule has 3 N–H and O–H groups in total. The molecule has 2 fully saturated rings. The van der Waals surface area contributed by atoms with E-state index < -0.39 is 12.2 Å². The predicted molar refractivity (Wildman–Crippen MR) is 163 cm³/mol. The number of hydrogen-bond donors (Lipinski definition) is 3. The van der Waals surface area contributed by atoms with Gasteiger partial charge >= 0.3 is 29.6 Å². The molecule has 0 saturated carbocycles. The number of likely N-dealkylation sites (tertiary alicyclic amines) is 2. The van der Waals surface area contributed by atoms with Crippen LogP contribution in [-0.4, -0.2) is 88.8 Å². The maximum absolute atomic E-state index is 10.5. The molecule has 9 heteroatoms. The Balaban J connectivity index is 0.000000149. The number of piperidine rings is 2. The van der Waals surface area contributed by atoms with Crippen LogP contribution in [-0.2, 0) is 23.7 Å². The van der Waals surface area contributed by atoms with Crippen molar-refractivity contribution in [3.63, 3.8) is 0 Å². The Kier molecular flexibility index (Phi) is 7.19. The minimum Gasteiger partial charge on any atom is -0.504 e. The molecular weight excluding hydrogens is 570 g/mol. The second-order valence-electron chi connectivity index (χ2n) is 14.2. The van der Waals surface area contributed by atoms with Crippen LogP contribution in [0, 0.1) is 18.8 Å². The molecule has 4 bridgehead atoms. The molecule has 2 saturated heterocycles. The summed E-state index contributed by atoms with van der Waals surface area (Å²) >= 11 is 0. The maximum Gasteiger partial charge on any atom is 1.00 e. The summed E-state index contributed by atoms with van der Waals surface area (Å²) in [5, 5.41) is 31.2. The van der Waals surface area contributed by atoms with E-state index in [-0.39, 0.29) is 64.5 Å². The molecule has 2 spiro atoms. The van der Waals surface area contributed by atoms with Crippen molar-refractivity contribution in [2.75, 3.05) is 27.2 Å². The number of aliphatic hydroxyl groups is 2. The monoisotopic (exact) mass is 615 g/mol. The van der Waals surface area contributed by atoms with Crippen LogP contribution in [0.15, 0.2) is 48.6 Å². The van der Waals surface area contributed by atoms with Gasteiger partial charge in [-0.05, 0) is 82.5 Å². The topological polar surface area (TPSA) is 85.6 Å². The van der Waals surface area contributed by atoms with Crippen molar-refractivity contribution in [3.05, 3.63) is 76.4 Å². The summed E-state index contributed by atoms with van der Waals surface area (Å²) in [6, 6.07) is 9.23. The molecule has 4 aliphatic carbocycles. The normalized spacial score (nSPS) is 40.7. The first-order chi connectivity index (χ1) is 20.3. The van der Waals surface area contributed by atoms with Crippen LogP contribution in [0.4, 0.5) is 4.70 Å². The van der Waals surface area contributed by atoms with Crippen LogP contribution in [0.1, 0.15) is 42.1 Å². The van der Waals surface area contributed by atoms with Crippen molar-refractivity contribution < 1.29 is 60.5 Å². The van der Waals surface area contributed by atoms with Crippen molar-refractivity contribution in [1.29, 1.82) is 0 Å². The number of phenols is 1. The van der Waals surface area contributed by atoms with Gasteiger partial charge in [0.15, 0.2) is 11.5 Å². The molecule has 0 aromatic heterocycles. The fourth-order valence-corrected chi connectivity index (χ4v) is 10.6. The first-order valence-corrected chi connectivity index (χ1v) is 15.7. The molecule has 44 heavy (non-hydrogen) atoms. The minimum atomic E-state index is -0.594. The van der Waals surface area contributed by atoms with Gasteiger partial charge in [-0.15, -0.1) is 0 Å². The van der Waals surface area contributed by atoms with Crippen LogP contribution < -0.4 is 39.0 Å². The van der Waals surface area contributed by atoms with Gasteiger partial charge in [-0.1, -0.05) is 42.5 Å². The minimum absolute atomic E-state index is 0. The zero-order valence-electron chi connectivity index (χ0n) is 25.9. The van der Waals surface area contributed by atoms with Crippen molar-refractivity contribution in [2.45, 2.75) is 79.9 Å². The molecule has 0 radical (unpaired) electrons. The number of rotatable bonds is 0. The van der Waals surface area contributed by atoms with E-state index in [0.29, 0.717) is 29.7 Å². The Morgan fingerprint density at radius 1 is 0.750 bits per heavy atom. The molecule has 7 nitrogen and oxygen atoms in total. The predicted octanol–water partition coefficient (Wildman–Crippen LogP) is 0.402. The van der Waals surface area contributed by atoms with Gasteiger partial charge in [-0.3, -0.25) is 4.70 Å². The third kappa shape index (κ3) is 3.62. The van der Waals surface area contributed by atoms with Gasteiger partial charge in [0.25, 0.3) is 0 Å². The van der Waals surface area contributed by atoms with Gasteiger partial charge in [0.2, 0.25) is 0 Å². The van der Waals surface area contributed by atoms with Crippen LogP contribution >= 0.6 is 0 Å². The average molecular weight is 616 g/mol. The number of benzene rings is 2. The number of aromatic hydroxyl groups is 1. The number of phenolic OH excluding ortho intramolecular Hbond substituents is 1. The van der Waals surface area contributed by atoms with E-state index in [1.54, 1.807) is 6.07 Å². The summed E-state index contributed by atoms with van der Waals surface area (Å²) in [5.74, 6) is 2.72. The van der Waals surface area contributed by atoms with Crippen LogP contribution in [0.3, 0.4) is 0 Å². The number of nitrogens with zero attached hydrogens (tertiary/aromatic N) is 2. The SMILES string of the molecule is CN1CCC23c4c5ccc(O)c4OC2C(O)C=CC3C1C5.Cc1ccc2c3c1OC1C(O)C=CC4C(C2)N(C)CCC341.F.[3HH].[Na+]. The van der Waals surface area contributed by atoms with E-state index in [4.69, 9.17) is 9.47 Å². The van der Waals surface area contributed by atoms with Crippen molar-refractivity contribution in [1.82, 2.24) is 9.80 Å². The second kappa shape index (κ2) is 10.3. The van der Waals surface area contributed by atoms with Crippen LogP contribution in [0.25, 0.3) is 0 Å². The summed E-state index contributed by atoms with van der Waals surface area (Å²) in [5.41, 5.74) is 6.36. The third-order valence-corrected chi connectivity index (χ3v) is 12.5. The van der Waals surface area contributed by atoms with E-state index in [2.05, 4.69) is 55.1 Å². The zero-order valence-corrected chi connectivity index (χ0v) is 27.9. The number of ether oxygens (including phenoxy) is 2. The first kappa shape index (κ1) is 30.7. The van der Waals surface area contributed by atoms with Gasteiger partial charge in [-0.2, -0.15) is 0 Å². The van der Waals surface area contributed by atoms with Gasteiger partial charge < -0.3 is 34.6 Å². The van der Waals surface area contributed by atoms with E-state index in [1.165, 1.54) is 27.8 Å². The Morgan fingerprint density at radius 2 is 1.23 bits per heavy atom. The van der Waals surface area contributed by atoms with E-state index >= 15 is 0 Å². The van der Waals surface area contributed by atoms with E-state index in [9.17, 15) is 15.3 Å². The molecular formula is C35H43FN2NaO5+. The molecule has 10 rings (SSSR count). The molecule has 10 atom stereocenters. The number of hydrogen-bond acceptors (Lipinski definition) is 7. The Morgan fingerprint density at radius 3 is 1.77 bits per heavy atom. The van der Waals surface area contributed by atoms with Gasteiger partial charge in [0, 0.05) is 47.3 Å². The molecule has 2 aromatic rings. The van der Waals surface area contributed by atoms with Gasteiger partial charge in [-0.25, -0.2) is 0 Å². The third-order valence-electron chi connectivity index (χ3n) is 12.5.